The number of hydrogen-bond acceptors (Lipinski definition) is 5. The minimum Gasteiger partial charge on any atom is -0.486 e. The van der Waals surface area contributed by atoms with Crippen LogP contribution in [0.3, 0.4) is 0 Å². The third kappa shape index (κ3) is 5.21. The van der Waals surface area contributed by atoms with Gasteiger partial charge >= 0.3 is 0 Å². The van der Waals surface area contributed by atoms with Crippen molar-refractivity contribution in [1.82, 2.24) is 10.2 Å². The summed E-state index contributed by atoms with van der Waals surface area (Å²) in [6, 6.07) is 20.7. The van der Waals surface area contributed by atoms with Crippen LogP contribution in [-0.2, 0) is 13.0 Å². The molecule has 1 aliphatic heterocycles. The maximum Gasteiger partial charge on any atom is 0.290 e. The Hall–Kier alpha value is -4.52. The highest BCUT2D eigenvalue weighted by atomic mass is 16.5. The number of hydrogen-bond donors (Lipinski definition) is 1. The summed E-state index contributed by atoms with van der Waals surface area (Å²) in [7, 11) is 0. The topological polar surface area (TPSA) is 84.9 Å². The highest BCUT2D eigenvalue weighted by Crippen LogP contribution is 2.38. The van der Waals surface area contributed by atoms with Crippen LogP contribution in [0.5, 0.6) is 5.75 Å². The predicted octanol–water partition coefficient (Wildman–Crippen LogP) is 5.46. The molecule has 4 aromatic rings. The normalized spacial score (nSPS) is 14.6. The standard InChI is InChI=1S/C30H28N2O5/c1-3-14-31-29(33)26-12-11-24(37-26)19-36-23-10-9-21-13-15-32(30(34)27-8-5-16-35-27)28(25(21)18-23)22-7-4-6-20(2)17-22/h3-12,16-18,28H,1,13-15,19H2,2H3,(H,31,33). The molecular weight excluding hydrogens is 468 g/mol. The van der Waals surface area contributed by atoms with Gasteiger partial charge in [-0.05, 0) is 66.4 Å². The number of nitrogens with zero attached hydrogens (tertiary/aromatic N) is 1. The molecule has 188 valence electrons. The fraction of sp³-hybridized carbons (Fsp3) is 0.200. The van der Waals surface area contributed by atoms with Crippen LogP contribution < -0.4 is 10.1 Å². The predicted molar refractivity (Wildman–Crippen MR) is 138 cm³/mol. The zero-order chi connectivity index (χ0) is 25.8. The first kappa shape index (κ1) is 24.2. The van der Waals surface area contributed by atoms with Crippen molar-refractivity contribution >= 4 is 11.8 Å². The van der Waals surface area contributed by atoms with Crippen molar-refractivity contribution < 1.29 is 23.2 Å². The van der Waals surface area contributed by atoms with Crippen molar-refractivity contribution in [2.45, 2.75) is 26.0 Å². The average molecular weight is 497 g/mol. The summed E-state index contributed by atoms with van der Waals surface area (Å²) < 4.78 is 17.1. The van der Waals surface area contributed by atoms with Gasteiger partial charge in [0.25, 0.3) is 11.8 Å². The molecule has 0 spiro atoms. The highest BCUT2D eigenvalue weighted by Gasteiger charge is 2.34. The maximum atomic E-state index is 13.4. The third-order valence-electron chi connectivity index (χ3n) is 6.37. The first-order chi connectivity index (χ1) is 18.0. The molecule has 1 atom stereocenters. The molecule has 0 bridgehead atoms. The molecule has 0 fully saturated rings. The first-order valence-electron chi connectivity index (χ1n) is 12.2. The SMILES string of the molecule is C=CCNC(=O)c1ccc(COc2ccc3c(c2)C(c2cccc(C)c2)N(C(=O)c2ccco2)CC3)o1. The summed E-state index contributed by atoms with van der Waals surface area (Å²) >= 11 is 0. The average Bonchev–Trinajstić information content (AvgIpc) is 3.62. The molecule has 3 heterocycles. The maximum absolute atomic E-state index is 13.4. The summed E-state index contributed by atoms with van der Waals surface area (Å²) in [4.78, 5) is 27.4. The van der Waals surface area contributed by atoms with Crippen molar-refractivity contribution in [3.05, 3.63) is 125 Å². The Balaban J connectivity index is 1.41. The first-order valence-corrected chi connectivity index (χ1v) is 12.2. The van der Waals surface area contributed by atoms with E-state index in [-0.39, 0.29) is 30.2 Å². The minimum absolute atomic E-state index is 0.147. The number of carbonyl (C=O) groups is 2. The second-order valence-electron chi connectivity index (χ2n) is 8.96. The lowest BCUT2D eigenvalue weighted by molar-refractivity contribution is 0.0661. The Morgan fingerprint density at radius 1 is 1.11 bits per heavy atom. The second kappa shape index (κ2) is 10.6. The highest BCUT2D eigenvalue weighted by molar-refractivity contribution is 5.92. The zero-order valence-corrected chi connectivity index (χ0v) is 20.6. The molecular formula is C30H28N2O5. The van der Waals surface area contributed by atoms with E-state index in [0.29, 0.717) is 30.4 Å². The molecule has 0 saturated carbocycles. The number of carbonyl (C=O) groups excluding carboxylic acids is 2. The molecule has 0 aliphatic carbocycles. The molecule has 1 aliphatic rings. The van der Waals surface area contributed by atoms with E-state index in [1.165, 1.54) is 11.8 Å². The number of ether oxygens (including phenoxy) is 1. The quantitative estimate of drug-likeness (QED) is 0.327. The Labute approximate surface area is 215 Å². The number of amides is 2. The summed E-state index contributed by atoms with van der Waals surface area (Å²) in [6.07, 6.45) is 3.85. The van der Waals surface area contributed by atoms with Crippen LogP contribution in [0.1, 0.15) is 55.2 Å². The molecule has 37 heavy (non-hydrogen) atoms. The Kier molecular flexibility index (Phi) is 6.94. The van der Waals surface area contributed by atoms with Crippen LogP contribution >= 0.6 is 0 Å². The van der Waals surface area contributed by atoms with E-state index in [1.54, 1.807) is 30.3 Å². The molecule has 7 nitrogen and oxygen atoms in total. The monoisotopic (exact) mass is 496 g/mol. The van der Waals surface area contributed by atoms with Crippen LogP contribution in [0, 0.1) is 6.92 Å². The number of rotatable bonds is 8. The van der Waals surface area contributed by atoms with Crippen molar-refractivity contribution in [3.63, 3.8) is 0 Å². The van der Waals surface area contributed by atoms with Gasteiger partial charge in [-0.25, -0.2) is 0 Å². The van der Waals surface area contributed by atoms with Gasteiger partial charge in [0.2, 0.25) is 0 Å². The van der Waals surface area contributed by atoms with E-state index in [1.807, 2.05) is 42.2 Å². The van der Waals surface area contributed by atoms with Gasteiger partial charge < -0.3 is 23.8 Å². The van der Waals surface area contributed by atoms with Gasteiger partial charge in [0.05, 0.1) is 12.3 Å². The van der Waals surface area contributed by atoms with Crippen molar-refractivity contribution in [2.75, 3.05) is 13.1 Å². The molecule has 1 N–H and O–H groups in total. The van der Waals surface area contributed by atoms with E-state index in [4.69, 9.17) is 13.6 Å². The summed E-state index contributed by atoms with van der Waals surface area (Å²) in [5.41, 5.74) is 4.33. The van der Waals surface area contributed by atoms with Crippen LogP contribution in [0.4, 0.5) is 0 Å². The third-order valence-corrected chi connectivity index (χ3v) is 6.37. The van der Waals surface area contributed by atoms with Crippen LogP contribution in [-0.4, -0.2) is 29.8 Å². The number of fused-ring (bicyclic) bond motifs is 1. The van der Waals surface area contributed by atoms with Gasteiger partial charge in [-0.2, -0.15) is 0 Å². The lowest BCUT2D eigenvalue weighted by Gasteiger charge is -2.37. The lowest BCUT2D eigenvalue weighted by atomic mass is 9.87. The van der Waals surface area contributed by atoms with Crippen LogP contribution in [0.15, 0.2) is 94.5 Å². The molecule has 7 heteroatoms. The Morgan fingerprint density at radius 2 is 2.00 bits per heavy atom. The molecule has 2 aromatic heterocycles. The molecule has 2 amide bonds. The number of benzene rings is 2. The van der Waals surface area contributed by atoms with Gasteiger partial charge in [-0.15, -0.1) is 6.58 Å². The molecule has 2 aromatic carbocycles. The van der Waals surface area contributed by atoms with Gasteiger partial charge in [0.1, 0.15) is 18.1 Å². The molecule has 0 radical (unpaired) electrons. The molecule has 0 saturated heterocycles. The molecule has 1 unspecified atom stereocenters. The van der Waals surface area contributed by atoms with Gasteiger partial charge in [-0.3, -0.25) is 9.59 Å². The van der Waals surface area contributed by atoms with E-state index < -0.39 is 0 Å². The van der Waals surface area contributed by atoms with Gasteiger partial charge in [-0.1, -0.05) is 42.0 Å². The second-order valence-corrected chi connectivity index (χ2v) is 8.96. The van der Waals surface area contributed by atoms with Crippen molar-refractivity contribution in [2.24, 2.45) is 0 Å². The summed E-state index contributed by atoms with van der Waals surface area (Å²) in [5, 5.41) is 2.69. The Bertz CT molecular complexity index is 1420. The van der Waals surface area contributed by atoms with Gasteiger partial charge in [0.15, 0.2) is 11.5 Å². The molecule has 5 rings (SSSR count). The number of furan rings is 2. The summed E-state index contributed by atoms with van der Waals surface area (Å²) in [5.74, 6) is 1.27. The van der Waals surface area contributed by atoms with E-state index in [0.717, 1.165) is 23.1 Å². The Morgan fingerprint density at radius 3 is 2.78 bits per heavy atom. The smallest absolute Gasteiger partial charge is 0.290 e. The fourth-order valence-electron chi connectivity index (χ4n) is 4.63. The van der Waals surface area contributed by atoms with Crippen molar-refractivity contribution in [3.8, 4) is 5.75 Å². The largest absolute Gasteiger partial charge is 0.486 e. The van der Waals surface area contributed by atoms with Gasteiger partial charge in [0, 0.05) is 13.1 Å². The minimum atomic E-state index is -0.303. The fourth-order valence-corrected chi connectivity index (χ4v) is 4.63. The van der Waals surface area contributed by atoms with E-state index in [9.17, 15) is 9.59 Å². The van der Waals surface area contributed by atoms with E-state index >= 15 is 0 Å². The van der Waals surface area contributed by atoms with Crippen LogP contribution in [0.2, 0.25) is 0 Å². The summed E-state index contributed by atoms with van der Waals surface area (Å²) in [6.45, 7) is 6.74. The number of aryl methyl sites for hydroxylation is 1. The zero-order valence-electron chi connectivity index (χ0n) is 20.6. The lowest BCUT2D eigenvalue weighted by Crippen LogP contribution is -2.40. The van der Waals surface area contributed by atoms with E-state index in [2.05, 4.69) is 24.0 Å². The van der Waals surface area contributed by atoms with Crippen molar-refractivity contribution in [1.29, 1.82) is 0 Å². The van der Waals surface area contributed by atoms with Crippen LogP contribution in [0.25, 0.3) is 0 Å². The number of nitrogens with one attached hydrogen (secondary N) is 1.